The van der Waals surface area contributed by atoms with Crippen molar-refractivity contribution in [3.05, 3.63) is 16.7 Å². The maximum atomic E-state index is 11.9. The van der Waals surface area contributed by atoms with Crippen LogP contribution in [0.15, 0.2) is 11.1 Å². The number of nitrogens with zero attached hydrogens (tertiary/aromatic N) is 3. The fourth-order valence-corrected chi connectivity index (χ4v) is 2.55. The number of hydrogen-bond donors (Lipinski definition) is 2. The number of anilines is 1. The third kappa shape index (κ3) is 7.14. The fraction of sp³-hybridized carbons (Fsp3) is 0.632. The minimum Gasteiger partial charge on any atom is -0.463 e. The van der Waals surface area contributed by atoms with Crippen molar-refractivity contribution < 1.29 is 23.8 Å². The molecule has 0 radical (unpaired) electrons. The van der Waals surface area contributed by atoms with Crippen molar-refractivity contribution in [2.75, 3.05) is 18.9 Å². The molecule has 0 spiro atoms. The Hall–Kier alpha value is -2.95. The smallest absolute Gasteiger partial charge is 0.306 e. The lowest BCUT2D eigenvalue weighted by molar-refractivity contribution is -0.158. The summed E-state index contributed by atoms with van der Waals surface area (Å²) in [4.78, 5) is 46.0. The summed E-state index contributed by atoms with van der Waals surface area (Å²) in [7, 11) is 0. The van der Waals surface area contributed by atoms with E-state index in [1.807, 2.05) is 27.7 Å². The summed E-state index contributed by atoms with van der Waals surface area (Å²) in [6.07, 6.45) is 1.24. The molecule has 0 aliphatic carbocycles. The molecule has 0 amide bonds. The molecule has 0 saturated heterocycles. The maximum absolute atomic E-state index is 11.9. The van der Waals surface area contributed by atoms with E-state index in [-0.39, 0.29) is 73.7 Å². The Morgan fingerprint density at radius 2 is 1.67 bits per heavy atom. The lowest BCUT2D eigenvalue weighted by Crippen LogP contribution is -2.30. The van der Waals surface area contributed by atoms with Crippen molar-refractivity contribution in [2.45, 2.75) is 53.4 Å². The van der Waals surface area contributed by atoms with Crippen LogP contribution in [-0.2, 0) is 30.5 Å². The number of ether oxygens (including phenoxy) is 3. The van der Waals surface area contributed by atoms with E-state index < -0.39 is 11.7 Å². The average molecular weight is 423 g/mol. The quantitative estimate of drug-likeness (QED) is 0.508. The van der Waals surface area contributed by atoms with Crippen LogP contribution < -0.4 is 11.3 Å². The van der Waals surface area contributed by atoms with Gasteiger partial charge in [0.2, 0.25) is 5.95 Å². The standard InChI is InChI=1S/C19H29N5O6/c1-11(2)5-14(25)28-7-13(8-29-15(26)6-12(3)4)30-10-24-9-21-16-17(24)22-19(20)23-18(16)27/h9,11-13H,5-8,10H2,1-4H3,(H3,20,22,23,27). The molecule has 2 heterocycles. The maximum Gasteiger partial charge on any atom is 0.306 e. The minimum atomic E-state index is -0.700. The molecule has 0 saturated carbocycles. The zero-order valence-electron chi connectivity index (χ0n) is 17.7. The highest BCUT2D eigenvalue weighted by molar-refractivity contribution is 5.71. The summed E-state index contributed by atoms with van der Waals surface area (Å²) in [5.41, 5.74) is 5.50. The highest BCUT2D eigenvalue weighted by Gasteiger charge is 2.18. The zero-order chi connectivity index (χ0) is 22.3. The van der Waals surface area contributed by atoms with Crippen molar-refractivity contribution in [3.8, 4) is 0 Å². The normalized spacial score (nSPS) is 11.6. The predicted octanol–water partition coefficient (Wildman–Crippen LogP) is 1.22. The zero-order valence-corrected chi connectivity index (χ0v) is 17.7. The largest absolute Gasteiger partial charge is 0.463 e. The topological polar surface area (TPSA) is 151 Å². The molecule has 30 heavy (non-hydrogen) atoms. The number of nitrogen functional groups attached to an aromatic ring is 1. The van der Waals surface area contributed by atoms with E-state index >= 15 is 0 Å². The number of aromatic nitrogens is 4. The van der Waals surface area contributed by atoms with Crippen LogP contribution in [0.3, 0.4) is 0 Å². The Balaban J connectivity index is 2.03. The first-order chi connectivity index (χ1) is 14.2. The second-order valence-electron chi connectivity index (χ2n) is 7.82. The molecule has 0 aliphatic heterocycles. The van der Waals surface area contributed by atoms with Crippen LogP contribution in [0.1, 0.15) is 40.5 Å². The van der Waals surface area contributed by atoms with Gasteiger partial charge in [-0.3, -0.25) is 23.9 Å². The number of nitrogens with one attached hydrogen (secondary N) is 1. The summed E-state index contributed by atoms with van der Waals surface area (Å²) < 4.78 is 17.8. The van der Waals surface area contributed by atoms with E-state index in [1.54, 1.807) is 0 Å². The summed E-state index contributed by atoms with van der Waals surface area (Å²) in [6.45, 7) is 7.43. The number of H-pyrrole nitrogens is 1. The first-order valence-corrected chi connectivity index (χ1v) is 9.79. The third-order valence-electron chi connectivity index (χ3n) is 3.95. The number of rotatable bonds is 11. The van der Waals surface area contributed by atoms with E-state index in [9.17, 15) is 14.4 Å². The molecule has 0 aliphatic rings. The van der Waals surface area contributed by atoms with Crippen molar-refractivity contribution in [3.63, 3.8) is 0 Å². The van der Waals surface area contributed by atoms with E-state index in [0.717, 1.165) is 0 Å². The van der Waals surface area contributed by atoms with Crippen LogP contribution in [-0.4, -0.2) is 50.8 Å². The van der Waals surface area contributed by atoms with Gasteiger partial charge in [-0.05, 0) is 11.8 Å². The molecule has 2 aromatic heterocycles. The second kappa shape index (κ2) is 10.7. The number of esters is 2. The van der Waals surface area contributed by atoms with E-state index in [4.69, 9.17) is 19.9 Å². The Bertz CT molecular complexity index is 894. The van der Waals surface area contributed by atoms with Gasteiger partial charge < -0.3 is 19.9 Å². The number of carbonyl (C=O) groups excluding carboxylic acids is 2. The van der Waals surface area contributed by atoms with Gasteiger partial charge in [-0.25, -0.2) is 4.98 Å². The first kappa shape index (κ1) is 23.3. The first-order valence-electron chi connectivity index (χ1n) is 9.79. The van der Waals surface area contributed by atoms with Gasteiger partial charge in [0.25, 0.3) is 5.56 Å². The lowest BCUT2D eigenvalue weighted by Gasteiger charge is -2.19. The van der Waals surface area contributed by atoms with Crippen LogP contribution in [0.4, 0.5) is 5.95 Å². The Morgan fingerprint density at radius 3 is 2.20 bits per heavy atom. The van der Waals surface area contributed by atoms with Crippen LogP contribution >= 0.6 is 0 Å². The monoisotopic (exact) mass is 423 g/mol. The van der Waals surface area contributed by atoms with Crippen molar-refractivity contribution in [2.24, 2.45) is 11.8 Å². The molecule has 0 bridgehead atoms. The van der Waals surface area contributed by atoms with Crippen molar-refractivity contribution in [1.82, 2.24) is 19.5 Å². The number of hydrogen-bond acceptors (Lipinski definition) is 9. The molecule has 2 aromatic rings. The van der Waals surface area contributed by atoms with Gasteiger partial charge in [0.05, 0.1) is 6.33 Å². The molecule has 3 N–H and O–H groups in total. The van der Waals surface area contributed by atoms with Gasteiger partial charge in [-0.15, -0.1) is 0 Å². The fourth-order valence-electron chi connectivity index (χ4n) is 2.55. The molecule has 0 aromatic carbocycles. The molecule has 11 nitrogen and oxygen atoms in total. The number of nitrogens with two attached hydrogens (primary N) is 1. The van der Waals surface area contributed by atoms with E-state index in [1.165, 1.54) is 10.9 Å². The SMILES string of the molecule is CC(C)CC(=O)OCC(COC(=O)CC(C)C)OCn1cnc2c(=O)[nH]c(N)nc21. The van der Waals surface area contributed by atoms with E-state index in [2.05, 4.69) is 15.0 Å². The second-order valence-corrected chi connectivity index (χ2v) is 7.82. The Kier molecular flexibility index (Phi) is 8.34. The number of aromatic amines is 1. The number of fused-ring (bicyclic) bond motifs is 1. The summed E-state index contributed by atoms with van der Waals surface area (Å²) in [6, 6.07) is 0. The lowest BCUT2D eigenvalue weighted by atomic mass is 10.1. The van der Waals surface area contributed by atoms with Gasteiger partial charge in [0.15, 0.2) is 11.2 Å². The van der Waals surface area contributed by atoms with Crippen LogP contribution in [0.5, 0.6) is 0 Å². The minimum absolute atomic E-state index is 0.0453. The van der Waals surface area contributed by atoms with Crippen molar-refractivity contribution >= 4 is 29.1 Å². The molecule has 11 heteroatoms. The molecule has 0 atom stereocenters. The molecule has 0 fully saturated rings. The van der Waals surface area contributed by atoms with Gasteiger partial charge >= 0.3 is 11.9 Å². The predicted molar refractivity (Wildman–Crippen MR) is 108 cm³/mol. The highest BCUT2D eigenvalue weighted by atomic mass is 16.6. The third-order valence-corrected chi connectivity index (χ3v) is 3.95. The van der Waals surface area contributed by atoms with Gasteiger partial charge in [0, 0.05) is 12.8 Å². The van der Waals surface area contributed by atoms with Gasteiger partial charge in [0.1, 0.15) is 26.0 Å². The molecule has 0 unspecified atom stereocenters. The Labute approximate surface area is 173 Å². The molecular formula is C19H29N5O6. The van der Waals surface area contributed by atoms with Crippen LogP contribution in [0.25, 0.3) is 11.2 Å². The Morgan fingerprint density at radius 1 is 1.10 bits per heavy atom. The van der Waals surface area contributed by atoms with E-state index in [0.29, 0.717) is 0 Å². The summed E-state index contributed by atoms with van der Waals surface area (Å²) >= 11 is 0. The van der Waals surface area contributed by atoms with Crippen LogP contribution in [0.2, 0.25) is 0 Å². The molecule has 2 rings (SSSR count). The van der Waals surface area contributed by atoms with Crippen LogP contribution in [0, 0.1) is 11.8 Å². The average Bonchev–Trinajstić information content (AvgIpc) is 3.03. The van der Waals surface area contributed by atoms with Gasteiger partial charge in [-0.1, -0.05) is 27.7 Å². The summed E-state index contributed by atoms with van der Waals surface area (Å²) in [5, 5.41) is 0. The molecular weight excluding hydrogens is 394 g/mol. The number of carbonyl (C=O) groups is 2. The molecule has 166 valence electrons. The summed E-state index contributed by atoms with van der Waals surface area (Å²) in [5.74, 6) is -0.446. The highest BCUT2D eigenvalue weighted by Crippen LogP contribution is 2.09. The van der Waals surface area contributed by atoms with Crippen molar-refractivity contribution in [1.29, 1.82) is 0 Å². The number of imidazole rings is 1. The van der Waals surface area contributed by atoms with Gasteiger partial charge in [-0.2, -0.15) is 4.98 Å².